The summed E-state index contributed by atoms with van der Waals surface area (Å²) in [5.41, 5.74) is 0. The minimum absolute atomic E-state index is 0.232. The van der Waals surface area contributed by atoms with Gasteiger partial charge in [0.1, 0.15) is 5.75 Å². The first-order valence-corrected chi connectivity index (χ1v) is 7.78. The Morgan fingerprint density at radius 3 is 2.65 bits per heavy atom. The molecule has 0 aromatic heterocycles. The third-order valence-corrected chi connectivity index (χ3v) is 3.93. The minimum Gasteiger partial charge on any atom is -0.492 e. The molecule has 1 fully saturated rings. The molecule has 1 aliphatic heterocycles. The molecule has 1 aromatic rings. The van der Waals surface area contributed by atoms with E-state index in [1.165, 1.54) is 6.42 Å². The smallest absolute Gasteiger partial charge is 0.222 e. The minimum atomic E-state index is 0.232. The number of likely N-dealkylation sites (tertiary alicyclic amines) is 1. The number of amides is 1. The van der Waals surface area contributed by atoms with Gasteiger partial charge in [0, 0.05) is 24.5 Å². The van der Waals surface area contributed by atoms with Crippen LogP contribution in [0.4, 0.5) is 0 Å². The summed E-state index contributed by atoms with van der Waals surface area (Å²) in [5, 5.41) is 1.09. The monoisotopic (exact) mass is 315 g/mol. The van der Waals surface area contributed by atoms with Gasteiger partial charge >= 0.3 is 0 Å². The number of hydrogen-bond acceptors (Lipinski definition) is 2. The normalized spacial score (nSPS) is 15.2. The summed E-state index contributed by atoms with van der Waals surface area (Å²) >= 11 is 11.8. The summed E-state index contributed by atoms with van der Waals surface area (Å²) < 4.78 is 5.57. The summed E-state index contributed by atoms with van der Waals surface area (Å²) in [6.45, 7) is 2.30. The van der Waals surface area contributed by atoms with Crippen LogP contribution in [0.15, 0.2) is 18.2 Å². The lowest BCUT2D eigenvalue weighted by Crippen LogP contribution is -2.35. The van der Waals surface area contributed by atoms with Crippen LogP contribution >= 0.6 is 23.2 Å². The van der Waals surface area contributed by atoms with Gasteiger partial charge in [0.25, 0.3) is 0 Å². The van der Waals surface area contributed by atoms with Gasteiger partial charge < -0.3 is 9.64 Å². The molecule has 3 nitrogen and oxygen atoms in total. The maximum absolute atomic E-state index is 11.9. The van der Waals surface area contributed by atoms with Crippen LogP contribution in [0.25, 0.3) is 0 Å². The molecule has 0 spiro atoms. The van der Waals surface area contributed by atoms with E-state index in [-0.39, 0.29) is 5.91 Å². The van der Waals surface area contributed by atoms with E-state index in [2.05, 4.69) is 0 Å². The highest BCUT2D eigenvalue weighted by Crippen LogP contribution is 2.27. The van der Waals surface area contributed by atoms with Crippen molar-refractivity contribution in [1.82, 2.24) is 4.90 Å². The number of ether oxygens (including phenoxy) is 1. The molecule has 1 aliphatic rings. The predicted octanol–water partition coefficient (Wildman–Crippen LogP) is 4.16. The Balaban J connectivity index is 1.69. The van der Waals surface area contributed by atoms with Crippen LogP contribution in [0.5, 0.6) is 5.75 Å². The standard InChI is InChI=1S/C15H19Cl2NO2/c16-12-6-7-14(13(17)11-12)20-10-4-5-15(19)18-8-2-1-3-9-18/h6-7,11H,1-5,8-10H2. The van der Waals surface area contributed by atoms with Gasteiger partial charge in [-0.1, -0.05) is 23.2 Å². The molecule has 2 rings (SSSR count). The lowest BCUT2D eigenvalue weighted by Gasteiger charge is -2.26. The fraction of sp³-hybridized carbons (Fsp3) is 0.533. The van der Waals surface area contributed by atoms with Crippen LogP contribution < -0.4 is 4.74 Å². The van der Waals surface area contributed by atoms with Crippen molar-refractivity contribution in [3.63, 3.8) is 0 Å². The van der Waals surface area contributed by atoms with Crippen molar-refractivity contribution >= 4 is 29.1 Å². The van der Waals surface area contributed by atoms with Crippen molar-refractivity contribution in [2.24, 2.45) is 0 Å². The number of halogens is 2. The van der Waals surface area contributed by atoms with Gasteiger partial charge in [-0.2, -0.15) is 0 Å². The molecular formula is C15H19Cl2NO2. The van der Waals surface area contributed by atoms with Crippen molar-refractivity contribution in [2.45, 2.75) is 32.1 Å². The zero-order valence-corrected chi connectivity index (χ0v) is 12.9. The zero-order valence-electron chi connectivity index (χ0n) is 11.4. The molecule has 1 amide bonds. The summed E-state index contributed by atoms with van der Waals surface area (Å²) in [4.78, 5) is 13.9. The van der Waals surface area contributed by atoms with Gasteiger partial charge in [-0.3, -0.25) is 4.79 Å². The maximum atomic E-state index is 11.9. The number of piperidine rings is 1. The fourth-order valence-electron chi connectivity index (χ4n) is 2.30. The van der Waals surface area contributed by atoms with Crippen molar-refractivity contribution in [3.8, 4) is 5.75 Å². The van der Waals surface area contributed by atoms with E-state index in [0.717, 1.165) is 25.9 Å². The van der Waals surface area contributed by atoms with Gasteiger partial charge in [0.2, 0.25) is 5.91 Å². The van der Waals surface area contributed by atoms with Crippen molar-refractivity contribution in [3.05, 3.63) is 28.2 Å². The first-order valence-electron chi connectivity index (χ1n) is 7.02. The number of carbonyl (C=O) groups excluding carboxylic acids is 1. The van der Waals surface area contributed by atoms with Crippen molar-refractivity contribution in [2.75, 3.05) is 19.7 Å². The molecule has 0 unspecified atom stereocenters. The van der Waals surface area contributed by atoms with E-state index in [9.17, 15) is 4.79 Å². The Morgan fingerprint density at radius 1 is 1.20 bits per heavy atom. The second kappa shape index (κ2) is 7.75. The maximum Gasteiger partial charge on any atom is 0.222 e. The lowest BCUT2D eigenvalue weighted by atomic mass is 10.1. The Kier molecular flexibility index (Phi) is 5.99. The van der Waals surface area contributed by atoms with E-state index < -0.39 is 0 Å². The van der Waals surface area contributed by atoms with Crippen LogP contribution in [-0.2, 0) is 4.79 Å². The van der Waals surface area contributed by atoms with Gasteiger partial charge in [-0.15, -0.1) is 0 Å². The molecule has 5 heteroatoms. The third kappa shape index (κ3) is 4.57. The molecule has 1 heterocycles. The highest BCUT2D eigenvalue weighted by Gasteiger charge is 2.15. The molecule has 20 heavy (non-hydrogen) atoms. The molecule has 0 atom stereocenters. The van der Waals surface area contributed by atoms with Crippen LogP contribution in [0.3, 0.4) is 0 Å². The fourth-order valence-corrected chi connectivity index (χ4v) is 2.76. The molecular weight excluding hydrogens is 297 g/mol. The van der Waals surface area contributed by atoms with E-state index in [0.29, 0.717) is 35.2 Å². The first-order chi connectivity index (χ1) is 9.66. The van der Waals surface area contributed by atoms with E-state index in [4.69, 9.17) is 27.9 Å². The van der Waals surface area contributed by atoms with Gasteiger partial charge in [-0.05, 0) is 43.9 Å². The largest absolute Gasteiger partial charge is 0.492 e. The number of hydrogen-bond donors (Lipinski definition) is 0. The molecule has 0 radical (unpaired) electrons. The van der Waals surface area contributed by atoms with Gasteiger partial charge in [0.05, 0.1) is 11.6 Å². The number of carbonyl (C=O) groups is 1. The van der Waals surface area contributed by atoms with Crippen LogP contribution in [0.1, 0.15) is 32.1 Å². The first kappa shape index (κ1) is 15.5. The average molecular weight is 316 g/mol. The number of benzene rings is 1. The van der Waals surface area contributed by atoms with E-state index >= 15 is 0 Å². The Morgan fingerprint density at radius 2 is 1.95 bits per heavy atom. The van der Waals surface area contributed by atoms with Gasteiger partial charge in [0.15, 0.2) is 0 Å². The topological polar surface area (TPSA) is 29.5 Å². The van der Waals surface area contributed by atoms with Crippen LogP contribution in [0, 0.1) is 0 Å². The number of rotatable bonds is 5. The highest BCUT2D eigenvalue weighted by molar-refractivity contribution is 6.35. The molecule has 1 saturated heterocycles. The molecule has 0 N–H and O–H groups in total. The Bertz CT molecular complexity index is 459. The zero-order chi connectivity index (χ0) is 14.4. The molecule has 0 aliphatic carbocycles. The van der Waals surface area contributed by atoms with Crippen molar-refractivity contribution < 1.29 is 9.53 Å². The second-order valence-corrected chi connectivity index (χ2v) is 5.81. The average Bonchev–Trinajstić information content (AvgIpc) is 2.46. The molecule has 110 valence electrons. The molecule has 0 bridgehead atoms. The lowest BCUT2D eigenvalue weighted by molar-refractivity contribution is -0.132. The second-order valence-electron chi connectivity index (χ2n) is 4.97. The third-order valence-electron chi connectivity index (χ3n) is 3.40. The predicted molar refractivity (Wildman–Crippen MR) is 81.6 cm³/mol. The van der Waals surface area contributed by atoms with Crippen LogP contribution in [-0.4, -0.2) is 30.5 Å². The summed E-state index contributed by atoms with van der Waals surface area (Å²) in [6.07, 6.45) is 4.73. The summed E-state index contributed by atoms with van der Waals surface area (Å²) in [7, 11) is 0. The SMILES string of the molecule is O=C(CCCOc1ccc(Cl)cc1Cl)N1CCCCC1. The molecule has 1 aromatic carbocycles. The highest BCUT2D eigenvalue weighted by atomic mass is 35.5. The van der Waals surface area contributed by atoms with Crippen molar-refractivity contribution in [1.29, 1.82) is 0 Å². The Labute approximate surface area is 129 Å². The number of nitrogens with zero attached hydrogens (tertiary/aromatic N) is 1. The summed E-state index contributed by atoms with van der Waals surface area (Å²) in [6, 6.07) is 5.14. The van der Waals surface area contributed by atoms with E-state index in [1.807, 2.05) is 4.90 Å². The quantitative estimate of drug-likeness (QED) is 0.763. The summed E-state index contributed by atoms with van der Waals surface area (Å²) in [5.74, 6) is 0.844. The van der Waals surface area contributed by atoms with Crippen LogP contribution in [0.2, 0.25) is 10.0 Å². The van der Waals surface area contributed by atoms with Gasteiger partial charge in [-0.25, -0.2) is 0 Å². The molecule has 0 saturated carbocycles. The Hall–Kier alpha value is -0.930. The van der Waals surface area contributed by atoms with E-state index in [1.54, 1.807) is 18.2 Å².